The van der Waals surface area contributed by atoms with Crippen molar-refractivity contribution in [3.05, 3.63) is 34.5 Å². The molecule has 0 radical (unpaired) electrons. The van der Waals surface area contributed by atoms with Crippen LogP contribution in [-0.2, 0) is 16.0 Å². The van der Waals surface area contributed by atoms with E-state index in [0.29, 0.717) is 6.42 Å². The lowest BCUT2D eigenvalue weighted by molar-refractivity contribution is -0.133. The lowest BCUT2D eigenvalue weighted by Crippen LogP contribution is -2.22. The minimum Gasteiger partial charge on any atom is -0.481 e. The summed E-state index contributed by atoms with van der Waals surface area (Å²) in [6.07, 6.45) is 3.62. The van der Waals surface area contributed by atoms with Crippen LogP contribution in [0.2, 0.25) is 0 Å². The number of ketones is 1. The second-order valence-corrected chi connectivity index (χ2v) is 9.33. The van der Waals surface area contributed by atoms with Gasteiger partial charge in [-0.05, 0) is 40.3 Å². The van der Waals surface area contributed by atoms with E-state index in [0.717, 1.165) is 23.5 Å². The molecule has 4 atom stereocenters. The van der Waals surface area contributed by atoms with Gasteiger partial charge in [0.1, 0.15) is 5.78 Å². The number of thioether (sulfide) groups is 2. The molecule has 0 aromatic carbocycles. The van der Waals surface area contributed by atoms with Crippen molar-refractivity contribution >= 4 is 46.6 Å². The van der Waals surface area contributed by atoms with Crippen molar-refractivity contribution in [1.29, 1.82) is 0 Å². The van der Waals surface area contributed by atoms with Crippen molar-refractivity contribution in [3.63, 3.8) is 0 Å². The molecule has 0 bridgehead atoms. The first-order valence-electron chi connectivity index (χ1n) is 8.46. The monoisotopic (exact) mass is 416 g/mol. The van der Waals surface area contributed by atoms with E-state index >= 15 is 0 Å². The molecule has 1 saturated carbocycles. The Morgan fingerprint density at radius 2 is 2.23 bits per heavy atom. The second-order valence-electron chi connectivity index (χ2n) is 6.19. The molecule has 3 unspecified atom stereocenters. The summed E-state index contributed by atoms with van der Waals surface area (Å²) in [6, 6.07) is 1.97. The lowest BCUT2D eigenvalue weighted by Gasteiger charge is -2.17. The van der Waals surface area contributed by atoms with E-state index in [-0.39, 0.29) is 29.1 Å². The van der Waals surface area contributed by atoms with Gasteiger partial charge in [0.05, 0.1) is 23.2 Å². The molecule has 0 amide bonds. The molecule has 1 heterocycles. The predicted molar refractivity (Wildman–Crippen MR) is 108 cm³/mol. The van der Waals surface area contributed by atoms with E-state index in [1.807, 2.05) is 16.8 Å². The van der Waals surface area contributed by atoms with Crippen molar-refractivity contribution in [3.8, 4) is 0 Å². The zero-order chi connectivity index (χ0) is 18.9. The van der Waals surface area contributed by atoms with E-state index in [4.69, 9.17) is 5.11 Å². The zero-order valence-corrected chi connectivity index (χ0v) is 16.8. The second kappa shape index (κ2) is 11.1. The highest BCUT2D eigenvalue weighted by Gasteiger charge is 2.40. The van der Waals surface area contributed by atoms with Gasteiger partial charge >= 0.3 is 5.97 Å². The summed E-state index contributed by atoms with van der Waals surface area (Å²) in [5, 5.41) is 32.6. The fraction of sp³-hybridized carbons (Fsp3) is 0.556. The first-order chi connectivity index (χ1) is 12.5. The smallest absolute Gasteiger partial charge is 0.313 e. The highest BCUT2D eigenvalue weighted by atomic mass is 32.2. The van der Waals surface area contributed by atoms with Crippen LogP contribution in [0.5, 0.6) is 0 Å². The van der Waals surface area contributed by atoms with E-state index < -0.39 is 18.2 Å². The molecule has 2 rings (SSSR count). The van der Waals surface area contributed by atoms with Crippen LogP contribution in [0.4, 0.5) is 0 Å². The van der Waals surface area contributed by atoms with E-state index in [2.05, 4.69) is 0 Å². The lowest BCUT2D eigenvalue weighted by atomic mass is 10.0. The van der Waals surface area contributed by atoms with Gasteiger partial charge in [-0.3, -0.25) is 9.59 Å². The summed E-state index contributed by atoms with van der Waals surface area (Å²) in [5.41, 5.74) is 1.07. The molecule has 5 nitrogen and oxygen atoms in total. The highest BCUT2D eigenvalue weighted by molar-refractivity contribution is 8.01. The number of carbonyl (C=O) groups excluding carboxylic acids is 1. The molecule has 1 aromatic rings. The third kappa shape index (κ3) is 7.08. The minimum atomic E-state index is -0.817. The van der Waals surface area contributed by atoms with Crippen molar-refractivity contribution in [2.45, 2.75) is 36.7 Å². The van der Waals surface area contributed by atoms with Crippen molar-refractivity contribution in [2.24, 2.45) is 5.92 Å². The number of aliphatic carboxylic acids is 1. The Balaban J connectivity index is 1.79. The first kappa shape index (κ1) is 21.5. The average Bonchev–Trinajstić information content (AvgIpc) is 3.17. The largest absolute Gasteiger partial charge is 0.481 e. The van der Waals surface area contributed by atoms with Gasteiger partial charge < -0.3 is 15.3 Å². The van der Waals surface area contributed by atoms with Crippen LogP contribution in [0.15, 0.2) is 29.0 Å². The Morgan fingerprint density at radius 1 is 1.42 bits per heavy atom. The molecular weight excluding hydrogens is 392 g/mol. The summed E-state index contributed by atoms with van der Waals surface area (Å²) in [7, 11) is 0. The van der Waals surface area contributed by atoms with Crippen molar-refractivity contribution < 1.29 is 24.9 Å². The summed E-state index contributed by atoms with van der Waals surface area (Å²) in [6.45, 7) is 0. The Hall–Kier alpha value is -0.800. The number of hydrogen-bond donors (Lipinski definition) is 3. The van der Waals surface area contributed by atoms with Crippen LogP contribution in [0.3, 0.4) is 0 Å². The Kier molecular flexibility index (Phi) is 9.21. The number of aliphatic hydroxyl groups is 2. The average molecular weight is 417 g/mol. The number of carboxylic acids is 1. The molecule has 1 aromatic heterocycles. The SMILES string of the molecule is O=C(O)CSCCCSC1C(=O)CC(O)[C@@H]1C=CC(O)Cc1ccsc1. The molecule has 3 N–H and O–H groups in total. The zero-order valence-electron chi connectivity index (χ0n) is 14.3. The number of carbonyl (C=O) groups is 2. The molecule has 1 fully saturated rings. The van der Waals surface area contributed by atoms with Gasteiger partial charge in [-0.15, -0.1) is 11.8 Å². The minimum absolute atomic E-state index is 0.0441. The fourth-order valence-corrected chi connectivity index (χ4v) is 5.69. The number of rotatable bonds is 11. The molecule has 0 saturated heterocycles. The Morgan fingerprint density at radius 3 is 2.92 bits per heavy atom. The third-order valence-electron chi connectivity index (χ3n) is 4.06. The maximum absolute atomic E-state index is 12.1. The first-order valence-corrected chi connectivity index (χ1v) is 11.6. The molecule has 0 aliphatic heterocycles. The van der Waals surface area contributed by atoms with E-state index in [9.17, 15) is 19.8 Å². The van der Waals surface area contributed by atoms with Gasteiger partial charge in [0.2, 0.25) is 0 Å². The van der Waals surface area contributed by atoms with Gasteiger partial charge in [0, 0.05) is 18.8 Å². The van der Waals surface area contributed by atoms with Gasteiger partial charge in [-0.1, -0.05) is 12.2 Å². The topological polar surface area (TPSA) is 94.8 Å². The number of Topliss-reactive ketones (excluding diaryl/α,β-unsaturated/α-hetero) is 1. The van der Waals surface area contributed by atoms with Gasteiger partial charge in [-0.25, -0.2) is 0 Å². The van der Waals surface area contributed by atoms with Crippen LogP contribution in [0.1, 0.15) is 18.4 Å². The van der Waals surface area contributed by atoms with E-state index in [1.54, 1.807) is 23.5 Å². The molecule has 144 valence electrons. The summed E-state index contributed by atoms with van der Waals surface area (Å²) >= 11 is 4.47. The Bertz CT molecular complexity index is 602. The molecule has 26 heavy (non-hydrogen) atoms. The van der Waals surface area contributed by atoms with Crippen LogP contribution >= 0.6 is 34.9 Å². The number of aliphatic hydroxyl groups excluding tert-OH is 2. The summed E-state index contributed by atoms with van der Waals surface area (Å²) in [4.78, 5) is 22.6. The van der Waals surface area contributed by atoms with Crippen LogP contribution in [0, 0.1) is 5.92 Å². The summed E-state index contributed by atoms with van der Waals surface area (Å²) < 4.78 is 0. The van der Waals surface area contributed by atoms with Crippen molar-refractivity contribution in [1.82, 2.24) is 0 Å². The Labute approximate surface area is 165 Å². The number of carboxylic acid groups (broad SMARTS) is 1. The van der Waals surface area contributed by atoms with Gasteiger partial charge in [0.25, 0.3) is 0 Å². The molecule has 0 spiro atoms. The maximum Gasteiger partial charge on any atom is 0.313 e. The maximum atomic E-state index is 12.1. The summed E-state index contributed by atoms with van der Waals surface area (Å²) in [5.74, 6) is 0.529. The number of hydrogen-bond acceptors (Lipinski definition) is 7. The van der Waals surface area contributed by atoms with Crippen molar-refractivity contribution in [2.75, 3.05) is 17.3 Å². The highest BCUT2D eigenvalue weighted by Crippen LogP contribution is 2.34. The standard InChI is InChI=1S/C18H24O5S3/c19-13(8-12-4-7-25-10-12)2-3-14-15(20)9-16(21)18(14)26-6-1-5-24-11-17(22)23/h2-4,7,10,13-15,18-20H,1,5-6,8-9,11H2,(H,22,23)/t13?,14-,15?,18?/m0/s1. The number of thiophene rings is 1. The molecule has 8 heteroatoms. The van der Waals surface area contributed by atoms with Crippen LogP contribution in [-0.4, -0.2) is 61.8 Å². The quantitative estimate of drug-likeness (QED) is 0.377. The normalized spacial score (nSPS) is 24.4. The predicted octanol–water partition coefficient (Wildman–Crippen LogP) is 2.47. The molecular formula is C18H24O5S3. The third-order valence-corrected chi connectivity index (χ3v) is 7.28. The molecule has 1 aliphatic carbocycles. The van der Waals surface area contributed by atoms with Crippen LogP contribution < -0.4 is 0 Å². The van der Waals surface area contributed by atoms with Gasteiger partial charge in [0.15, 0.2) is 0 Å². The van der Waals surface area contributed by atoms with Crippen LogP contribution in [0.25, 0.3) is 0 Å². The van der Waals surface area contributed by atoms with Gasteiger partial charge in [-0.2, -0.15) is 23.1 Å². The fourth-order valence-electron chi connectivity index (χ4n) is 2.81. The molecule has 1 aliphatic rings. The van der Waals surface area contributed by atoms with E-state index in [1.165, 1.54) is 23.5 Å².